The summed E-state index contributed by atoms with van der Waals surface area (Å²) >= 11 is 0. The fraction of sp³-hybridized carbons (Fsp3) is 0.415. The molecule has 5 aromatic rings. The average molecular weight is 788 g/mol. The second-order valence-electron chi connectivity index (χ2n) is 13.5. The third-order valence-corrected chi connectivity index (χ3v) is 10.6. The first-order valence-corrected chi connectivity index (χ1v) is 19.6. The summed E-state index contributed by atoms with van der Waals surface area (Å²) in [6.07, 6.45) is 1.75. The number of hydrogen-bond acceptors (Lipinski definition) is 10. The van der Waals surface area contributed by atoms with Gasteiger partial charge < -0.3 is 38.2 Å². The molecule has 0 aliphatic carbocycles. The fourth-order valence-electron chi connectivity index (χ4n) is 6.67. The van der Waals surface area contributed by atoms with Gasteiger partial charge in [-0.15, -0.1) is 0 Å². The molecule has 0 bridgehead atoms. The van der Waals surface area contributed by atoms with Crippen LogP contribution in [0.25, 0.3) is 5.78 Å². The summed E-state index contributed by atoms with van der Waals surface area (Å²) in [6.45, 7) is 12.3. The number of hydrogen-bond donors (Lipinski definition) is 1. The molecule has 1 fully saturated rings. The van der Waals surface area contributed by atoms with Crippen LogP contribution in [0.15, 0.2) is 101 Å². The predicted octanol–water partition coefficient (Wildman–Crippen LogP) is 4.00. The molecule has 0 saturated carbocycles. The molecular formula is C41H54N7O7P. The van der Waals surface area contributed by atoms with Gasteiger partial charge in [0, 0.05) is 32.9 Å². The summed E-state index contributed by atoms with van der Waals surface area (Å²) in [4.78, 5) is 41.2. The molecule has 4 atom stereocenters. The number of benzene rings is 3. The number of methoxy groups -OCH3 is 2. The second kappa shape index (κ2) is 19.9. The lowest BCUT2D eigenvalue weighted by Gasteiger charge is -2.37. The molecule has 6 rings (SSSR count). The van der Waals surface area contributed by atoms with Crippen molar-refractivity contribution in [2.75, 3.05) is 54.6 Å². The molecule has 0 radical (unpaired) electrons. The van der Waals surface area contributed by atoms with Gasteiger partial charge in [-0.2, -0.15) is 15.0 Å². The molecule has 3 heterocycles. The maximum absolute atomic E-state index is 12.9. The molecule has 1 aliphatic rings. The minimum Gasteiger partial charge on any atom is -0.810 e. The lowest BCUT2D eigenvalue weighted by molar-refractivity contribution is -0.894. The van der Waals surface area contributed by atoms with Gasteiger partial charge >= 0.3 is 5.69 Å². The highest BCUT2D eigenvalue weighted by Crippen LogP contribution is 2.43. The van der Waals surface area contributed by atoms with E-state index in [1.54, 1.807) is 47.9 Å². The number of quaternary nitrogens is 1. The maximum atomic E-state index is 12.9. The van der Waals surface area contributed by atoms with Crippen LogP contribution in [-0.4, -0.2) is 96.4 Å². The van der Waals surface area contributed by atoms with E-state index in [2.05, 4.69) is 35.7 Å². The monoisotopic (exact) mass is 787 g/mol. The highest BCUT2D eigenvalue weighted by molar-refractivity contribution is 7.23. The number of aromatic nitrogens is 4. The Morgan fingerprint density at radius 1 is 0.911 bits per heavy atom. The zero-order valence-corrected chi connectivity index (χ0v) is 34.5. The van der Waals surface area contributed by atoms with Crippen molar-refractivity contribution in [3.05, 3.63) is 118 Å². The summed E-state index contributed by atoms with van der Waals surface area (Å²) in [5, 5.41) is 0. The summed E-state index contributed by atoms with van der Waals surface area (Å²) in [5.41, 5.74) is 0.986. The summed E-state index contributed by atoms with van der Waals surface area (Å²) < 4.78 is 33.3. The van der Waals surface area contributed by atoms with Gasteiger partial charge in [-0.1, -0.05) is 63.6 Å². The normalized spacial score (nSPS) is 17.4. The molecular weight excluding hydrogens is 733 g/mol. The standard InChI is InChI=1S/C35H38N6O7P.C6H15N/c1-23(39(2)3)36-32-37-33-40(19-20-41(33)34(42)38-32)31-21-29(48-49-43)30(47-31)22-46-35(24-9-7-6-8-10-24,25-11-15-27(44-4)16-12-25)26-13-17-28(45-5)18-14-26;1-4-7(5-2)6-3/h6-20,29-31,49H,21-22H2,1-5H3;4-6H2,1-3H3/q-1;/p+1/b36-23+;/t29-,30+,31+;/m0./s1. The fourth-order valence-corrected chi connectivity index (χ4v) is 7.04. The van der Waals surface area contributed by atoms with Crippen molar-refractivity contribution in [1.29, 1.82) is 0 Å². The Morgan fingerprint density at radius 3 is 1.98 bits per heavy atom. The quantitative estimate of drug-likeness (QED) is 0.0717. The molecule has 0 amide bonds. The molecule has 3 aromatic carbocycles. The van der Waals surface area contributed by atoms with E-state index in [1.165, 1.54) is 24.0 Å². The van der Waals surface area contributed by atoms with E-state index in [1.807, 2.05) is 93.0 Å². The molecule has 2 aromatic heterocycles. The van der Waals surface area contributed by atoms with Crippen LogP contribution in [0, 0.1) is 0 Å². The molecule has 1 saturated heterocycles. The van der Waals surface area contributed by atoms with Crippen LogP contribution in [0.2, 0.25) is 0 Å². The van der Waals surface area contributed by atoms with Gasteiger partial charge in [0.15, 0.2) is 0 Å². The number of imidazole rings is 1. The zero-order valence-electron chi connectivity index (χ0n) is 33.5. The Kier molecular flexibility index (Phi) is 15.1. The first-order valence-electron chi connectivity index (χ1n) is 18.8. The first kappa shape index (κ1) is 42.5. The van der Waals surface area contributed by atoms with Gasteiger partial charge in [-0.25, -0.2) is 9.20 Å². The van der Waals surface area contributed by atoms with Crippen molar-refractivity contribution in [2.24, 2.45) is 4.99 Å². The van der Waals surface area contributed by atoms with Crippen LogP contribution in [0.1, 0.15) is 57.0 Å². The van der Waals surface area contributed by atoms with E-state index in [4.69, 9.17) is 23.5 Å². The molecule has 14 nitrogen and oxygen atoms in total. The SMILES string of the molecule is CC[NH+](CC)CC.COc1ccc(C(OC[C@H]2O[C@@H](n3ccn4c(=O)nc(/N=C(\C)N(C)C)nc34)C[C@@H]2OP[O-])(c2ccccc2)c2ccc(OC)cc2)cc1. The third kappa shape index (κ3) is 9.63. The number of aliphatic imine (C=N–C) groups is 1. The topological polar surface area (TPSA) is 141 Å². The van der Waals surface area contributed by atoms with Crippen LogP contribution < -0.4 is 25.0 Å². The maximum Gasteiger partial charge on any atom is 0.357 e. The zero-order chi connectivity index (χ0) is 40.2. The minimum absolute atomic E-state index is 0.0366. The predicted molar refractivity (Wildman–Crippen MR) is 216 cm³/mol. The highest BCUT2D eigenvalue weighted by atomic mass is 31.1. The highest BCUT2D eigenvalue weighted by Gasteiger charge is 2.43. The largest absolute Gasteiger partial charge is 0.810 e. The van der Waals surface area contributed by atoms with E-state index >= 15 is 0 Å². The Morgan fingerprint density at radius 2 is 1.48 bits per heavy atom. The Bertz CT molecular complexity index is 2000. The molecule has 1 unspecified atom stereocenters. The van der Waals surface area contributed by atoms with E-state index in [0.717, 1.165) is 16.7 Å². The van der Waals surface area contributed by atoms with E-state index in [0.29, 0.717) is 29.5 Å². The average Bonchev–Trinajstić information content (AvgIpc) is 3.84. The van der Waals surface area contributed by atoms with Gasteiger partial charge in [0.05, 0.1) is 46.6 Å². The van der Waals surface area contributed by atoms with Crippen LogP contribution in [0.4, 0.5) is 5.95 Å². The Balaban J connectivity index is 0.000000784. The van der Waals surface area contributed by atoms with E-state index in [9.17, 15) is 9.69 Å². The van der Waals surface area contributed by atoms with Crippen LogP contribution in [-0.2, 0) is 19.6 Å². The smallest absolute Gasteiger partial charge is 0.357 e. The summed E-state index contributed by atoms with van der Waals surface area (Å²) in [5.74, 6) is 2.39. The summed E-state index contributed by atoms with van der Waals surface area (Å²) in [6, 6.07) is 25.4. The molecule has 1 aliphatic heterocycles. The number of nitrogens with zero attached hydrogens (tertiary/aromatic N) is 6. The number of fused-ring (bicyclic) bond motifs is 1. The third-order valence-electron chi connectivity index (χ3n) is 10.2. The number of rotatable bonds is 15. The number of amidine groups is 1. The summed E-state index contributed by atoms with van der Waals surface area (Å²) in [7, 11) is 5.92. The van der Waals surface area contributed by atoms with E-state index in [-0.39, 0.29) is 12.6 Å². The second-order valence-corrected chi connectivity index (χ2v) is 13.9. The van der Waals surface area contributed by atoms with Crippen LogP contribution in [0.3, 0.4) is 0 Å². The number of ether oxygens (including phenoxy) is 4. The molecule has 56 heavy (non-hydrogen) atoms. The van der Waals surface area contributed by atoms with Crippen molar-refractivity contribution < 1.29 is 33.3 Å². The van der Waals surface area contributed by atoms with Gasteiger partial charge in [0.2, 0.25) is 5.78 Å². The Hall–Kier alpha value is -4.69. The molecule has 15 heteroatoms. The van der Waals surface area contributed by atoms with Gasteiger partial charge in [0.1, 0.15) is 35.3 Å². The van der Waals surface area contributed by atoms with Crippen molar-refractivity contribution in [1.82, 2.24) is 23.8 Å². The first-order chi connectivity index (χ1) is 27.1. The van der Waals surface area contributed by atoms with Crippen molar-refractivity contribution in [3.8, 4) is 11.5 Å². The van der Waals surface area contributed by atoms with Crippen molar-refractivity contribution >= 4 is 26.6 Å². The lowest BCUT2D eigenvalue weighted by Crippen LogP contribution is -3.11. The van der Waals surface area contributed by atoms with Gasteiger partial charge in [0.25, 0.3) is 5.95 Å². The lowest BCUT2D eigenvalue weighted by atomic mass is 9.80. The molecule has 1 N–H and O–H groups in total. The number of nitrogens with one attached hydrogen (secondary N) is 1. The van der Waals surface area contributed by atoms with E-state index < -0.39 is 38.8 Å². The van der Waals surface area contributed by atoms with Crippen LogP contribution >= 0.6 is 9.03 Å². The minimum atomic E-state index is -1.09. The van der Waals surface area contributed by atoms with Gasteiger partial charge in [-0.05, 0) is 68.7 Å². The van der Waals surface area contributed by atoms with Gasteiger partial charge in [-0.3, -0.25) is 4.57 Å². The Labute approximate surface area is 330 Å². The molecule has 300 valence electrons. The van der Waals surface area contributed by atoms with Crippen molar-refractivity contribution in [3.63, 3.8) is 0 Å². The van der Waals surface area contributed by atoms with Crippen molar-refractivity contribution in [2.45, 2.75) is 58.2 Å². The molecule has 0 spiro atoms. The van der Waals surface area contributed by atoms with Crippen LogP contribution in [0.5, 0.6) is 11.5 Å².